The predicted octanol–water partition coefficient (Wildman–Crippen LogP) is 3.05. The van der Waals surface area contributed by atoms with E-state index in [0.29, 0.717) is 23.5 Å². The molecule has 1 saturated carbocycles. The van der Waals surface area contributed by atoms with Gasteiger partial charge in [0.2, 0.25) is 0 Å². The van der Waals surface area contributed by atoms with Gasteiger partial charge in [-0.15, -0.1) is 0 Å². The average Bonchev–Trinajstić information content (AvgIpc) is 2.83. The minimum absolute atomic E-state index is 0.0401. The lowest BCUT2D eigenvalue weighted by Gasteiger charge is -2.27. The molecule has 3 rings (SSSR count). The van der Waals surface area contributed by atoms with Crippen LogP contribution in [0.15, 0.2) is 48.5 Å². The lowest BCUT2D eigenvalue weighted by molar-refractivity contribution is -0.149. The van der Waals surface area contributed by atoms with E-state index < -0.39 is 0 Å². The third-order valence-electron chi connectivity index (χ3n) is 5.54. The fourth-order valence-electron chi connectivity index (χ4n) is 3.72. The van der Waals surface area contributed by atoms with Crippen LogP contribution in [0.5, 0.6) is 11.5 Å². The molecule has 1 aliphatic carbocycles. The zero-order valence-electron chi connectivity index (χ0n) is 18.7. The van der Waals surface area contributed by atoms with E-state index in [1.54, 1.807) is 24.3 Å². The van der Waals surface area contributed by atoms with Gasteiger partial charge < -0.3 is 25.2 Å². The molecule has 0 unspecified atom stereocenters. The van der Waals surface area contributed by atoms with Gasteiger partial charge in [-0.3, -0.25) is 14.4 Å². The highest BCUT2D eigenvalue weighted by molar-refractivity contribution is 5.95. The topological polar surface area (TPSA) is 114 Å². The zero-order valence-corrected chi connectivity index (χ0v) is 18.7. The van der Waals surface area contributed by atoms with Crippen LogP contribution in [-0.4, -0.2) is 48.7 Å². The Morgan fingerprint density at radius 2 is 1.36 bits per heavy atom. The third kappa shape index (κ3) is 7.24. The summed E-state index contributed by atoms with van der Waals surface area (Å²) in [5.41, 5.74) is 0.933. The summed E-state index contributed by atoms with van der Waals surface area (Å²) in [6.07, 6.45) is 3.15. The largest absolute Gasteiger partial charge is 0.508 e. The van der Waals surface area contributed by atoms with Gasteiger partial charge in [-0.25, -0.2) is 0 Å². The van der Waals surface area contributed by atoms with Crippen LogP contribution in [0.25, 0.3) is 0 Å². The molecule has 2 amide bonds. The number of hydrogen-bond acceptors (Lipinski definition) is 6. The lowest BCUT2D eigenvalue weighted by Crippen LogP contribution is -2.34. The summed E-state index contributed by atoms with van der Waals surface area (Å²) in [5, 5.41) is 14.7. The number of carbonyl (C=O) groups is 3. The summed E-state index contributed by atoms with van der Waals surface area (Å²) in [4.78, 5) is 36.2. The SMILES string of the molecule is CCOC(=O)[C@H]1CC[C@@H](Oc2ccc(C(=O)NCCNC(=O)c3ccc(O)cc3)cc2)CC1. The molecule has 8 nitrogen and oxygen atoms in total. The van der Waals surface area contributed by atoms with Crippen molar-refractivity contribution in [3.8, 4) is 11.5 Å². The minimum Gasteiger partial charge on any atom is -0.508 e. The number of phenolic OH excluding ortho intramolecular Hbond substituents is 1. The lowest BCUT2D eigenvalue weighted by atomic mass is 9.87. The number of amides is 2. The molecular weight excluding hydrogens is 424 g/mol. The smallest absolute Gasteiger partial charge is 0.308 e. The Bertz CT molecular complexity index is 934. The van der Waals surface area contributed by atoms with Gasteiger partial charge in [0.25, 0.3) is 11.8 Å². The van der Waals surface area contributed by atoms with Crippen molar-refractivity contribution in [2.45, 2.75) is 38.7 Å². The number of hydrogen-bond donors (Lipinski definition) is 3. The van der Waals surface area contributed by atoms with Gasteiger partial charge in [0.1, 0.15) is 11.5 Å². The van der Waals surface area contributed by atoms with E-state index in [4.69, 9.17) is 9.47 Å². The maximum absolute atomic E-state index is 12.3. The van der Waals surface area contributed by atoms with Crippen LogP contribution >= 0.6 is 0 Å². The molecule has 0 saturated heterocycles. The Morgan fingerprint density at radius 1 is 0.848 bits per heavy atom. The average molecular weight is 455 g/mol. The molecular formula is C25H30N2O6. The maximum Gasteiger partial charge on any atom is 0.308 e. The van der Waals surface area contributed by atoms with Gasteiger partial charge in [0.05, 0.1) is 18.6 Å². The molecule has 0 radical (unpaired) electrons. The van der Waals surface area contributed by atoms with Crippen LogP contribution < -0.4 is 15.4 Å². The van der Waals surface area contributed by atoms with Gasteiger partial charge >= 0.3 is 5.97 Å². The summed E-state index contributed by atoms with van der Waals surface area (Å²) in [6.45, 7) is 2.78. The van der Waals surface area contributed by atoms with E-state index in [0.717, 1.165) is 25.7 Å². The van der Waals surface area contributed by atoms with Crippen LogP contribution in [0.1, 0.15) is 53.3 Å². The molecule has 2 aromatic rings. The highest BCUT2D eigenvalue weighted by atomic mass is 16.5. The first-order valence-electron chi connectivity index (χ1n) is 11.2. The van der Waals surface area contributed by atoms with Gasteiger partial charge in [-0.05, 0) is 81.1 Å². The molecule has 0 atom stereocenters. The van der Waals surface area contributed by atoms with E-state index in [2.05, 4.69) is 10.6 Å². The van der Waals surface area contributed by atoms with Crippen molar-refractivity contribution in [1.82, 2.24) is 10.6 Å². The first-order valence-corrected chi connectivity index (χ1v) is 11.2. The van der Waals surface area contributed by atoms with Crippen molar-refractivity contribution in [2.75, 3.05) is 19.7 Å². The van der Waals surface area contributed by atoms with E-state index >= 15 is 0 Å². The fraction of sp³-hybridized carbons (Fsp3) is 0.400. The van der Waals surface area contributed by atoms with E-state index in [1.165, 1.54) is 24.3 Å². The zero-order chi connectivity index (χ0) is 23.6. The molecule has 3 N–H and O–H groups in total. The van der Waals surface area contributed by atoms with Crippen molar-refractivity contribution in [3.05, 3.63) is 59.7 Å². The van der Waals surface area contributed by atoms with E-state index in [-0.39, 0.29) is 48.6 Å². The number of benzene rings is 2. The molecule has 0 bridgehead atoms. The van der Waals surface area contributed by atoms with Crippen molar-refractivity contribution < 1.29 is 29.0 Å². The monoisotopic (exact) mass is 454 g/mol. The number of rotatable bonds is 9. The number of nitrogens with one attached hydrogen (secondary N) is 2. The molecule has 0 heterocycles. The number of carbonyl (C=O) groups excluding carboxylic acids is 3. The van der Waals surface area contributed by atoms with Crippen LogP contribution in [0, 0.1) is 5.92 Å². The van der Waals surface area contributed by atoms with Crippen LogP contribution in [0.2, 0.25) is 0 Å². The second-order valence-electron chi connectivity index (χ2n) is 7.93. The summed E-state index contributed by atoms with van der Waals surface area (Å²) < 4.78 is 11.1. The van der Waals surface area contributed by atoms with E-state index in [1.807, 2.05) is 6.92 Å². The second-order valence-corrected chi connectivity index (χ2v) is 7.93. The molecule has 0 spiro atoms. The van der Waals surface area contributed by atoms with E-state index in [9.17, 15) is 19.5 Å². The molecule has 33 heavy (non-hydrogen) atoms. The van der Waals surface area contributed by atoms with Crippen molar-refractivity contribution in [3.63, 3.8) is 0 Å². The van der Waals surface area contributed by atoms with Crippen LogP contribution in [0.4, 0.5) is 0 Å². The fourth-order valence-corrected chi connectivity index (χ4v) is 3.72. The highest BCUT2D eigenvalue weighted by Gasteiger charge is 2.28. The molecule has 1 fully saturated rings. The predicted molar refractivity (Wildman–Crippen MR) is 122 cm³/mol. The summed E-state index contributed by atoms with van der Waals surface area (Å²) in [5.74, 6) is 0.106. The molecule has 0 aromatic heterocycles. The van der Waals surface area contributed by atoms with Gasteiger partial charge in [-0.1, -0.05) is 0 Å². The number of phenols is 1. The summed E-state index contributed by atoms with van der Waals surface area (Å²) in [6, 6.07) is 12.9. The number of esters is 1. The molecule has 0 aliphatic heterocycles. The summed E-state index contributed by atoms with van der Waals surface area (Å²) in [7, 11) is 0. The van der Waals surface area contributed by atoms with Crippen molar-refractivity contribution in [1.29, 1.82) is 0 Å². The Morgan fingerprint density at radius 3 is 1.88 bits per heavy atom. The third-order valence-corrected chi connectivity index (χ3v) is 5.54. The van der Waals surface area contributed by atoms with Gasteiger partial charge in [-0.2, -0.15) is 0 Å². The minimum atomic E-state index is -0.276. The van der Waals surface area contributed by atoms with Gasteiger partial charge in [0, 0.05) is 24.2 Å². The normalized spacial score (nSPS) is 17.6. The Hall–Kier alpha value is -3.55. The van der Waals surface area contributed by atoms with Crippen molar-refractivity contribution >= 4 is 17.8 Å². The first-order chi connectivity index (χ1) is 16.0. The first kappa shape index (κ1) is 24.1. The van der Waals surface area contributed by atoms with Crippen LogP contribution in [0.3, 0.4) is 0 Å². The second kappa shape index (κ2) is 11.9. The quantitative estimate of drug-likeness (QED) is 0.396. The number of ether oxygens (including phenoxy) is 2. The van der Waals surface area contributed by atoms with Crippen LogP contribution in [-0.2, 0) is 9.53 Å². The Balaban J connectivity index is 1.37. The molecule has 176 valence electrons. The Kier molecular flexibility index (Phi) is 8.69. The van der Waals surface area contributed by atoms with Crippen molar-refractivity contribution in [2.24, 2.45) is 5.92 Å². The highest BCUT2D eigenvalue weighted by Crippen LogP contribution is 2.28. The maximum atomic E-state index is 12.3. The standard InChI is InChI=1S/C25H30N2O6/c1-2-32-25(31)19-7-13-22(14-8-19)33-21-11-5-18(6-12-21)24(30)27-16-15-26-23(29)17-3-9-20(28)10-4-17/h3-6,9-12,19,22,28H,2,7-8,13-16H2,1H3,(H,26,29)(H,27,30)/t19-,22+. The summed E-state index contributed by atoms with van der Waals surface area (Å²) >= 11 is 0. The Labute approximate surface area is 193 Å². The molecule has 1 aliphatic rings. The molecule has 2 aromatic carbocycles. The molecule has 8 heteroatoms. The number of aromatic hydroxyl groups is 1. The van der Waals surface area contributed by atoms with Gasteiger partial charge in [0.15, 0.2) is 0 Å².